The lowest BCUT2D eigenvalue weighted by Crippen LogP contribution is -2.30. The number of carbonyl (C=O) groups is 2. The zero-order valence-corrected chi connectivity index (χ0v) is 16.7. The first-order chi connectivity index (χ1) is 13.1. The third-order valence-electron chi connectivity index (χ3n) is 4.42. The number of ketones is 2. The van der Waals surface area contributed by atoms with E-state index in [4.69, 9.17) is 0 Å². The highest BCUT2D eigenvalue weighted by Crippen LogP contribution is 2.35. The molecule has 0 fully saturated rings. The second kappa shape index (κ2) is 6.96. The molecule has 28 heavy (non-hydrogen) atoms. The molecule has 0 saturated carbocycles. The highest BCUT2D eigenvalue weighted by Gasteiger charge is 2.43. The summed E-state index contributed by atoms with van der Waals surface area (Å²) in [6.07, 6.45) is 0. The first-order valence-corrected chi connectivity index (χ1v) is 11.2. The van der Waals surface area contributed by atoms with Crippen LogP contribution in [0.4, 0.5) is 0 Å². The molecule has 0 spiro atoms. The van der Waals surface area contributed by atoms with Crippen molar-refractivity contribution in [1.29, 1.82) is 0 Å². The summed E-state index contributed by atoms with van der Waals surface area (Å²) in [7, 11) is -8.76. The number of sulfone groups is 2. The summed E-state index contributed by atoms with van der Waals surface area (Å²) >= 11 is 0. The molecule has 6 nitrogen and oxygen atoms in total. The fraction of sp³-hybridized carbons (Fsp3) is 0.100. The van der Waals surface area contributed by atoms with Crippen molar-refractivity contribution in [2.24, 2.45) is 0 Å². The van der Waals surface area contributed by atoms with Crippen LogP contribution in [-0.2, 0) is 29.3 Å². The molecule has 0 unspecified atom stereocenters. The smallest absolute Gasteiger partial charge is 0.217 e. The van der Waals surface area contributed by atoms with Gasteiger partial charge in [-0.3, -0.25) is 9.59 Å². The number of hydrogen-bond acceptors (Lipinski definition) is 6. The molecule has 1 aliphatic rings. The standard InChI is InChI=1S/C20H16O6S2/c1-13-17(21)14(2)20(28(25,26)16-11-7-4-8-12-16)18(22)19(13)27(23,24)15-9-5-3-6-10-15/h3-12H,1-2H3. The van der Waals surface area contributed by atoms with E-state index < -0.39 is 41.1 Å². The number of Topliss-reactive ketones (excluding diaryl/α,β-unsaturated/α-hetero) is 2. The average molecular weight is 416 g/mol. The Bertz CT molecular complexity index is 1150. The fourth-order valence-corrected chi connectivity index (χ4v) is 6.26. The molecule has 0 radical (unpaired) electrons. The minimum atomic E-state index is -4.38. The molecule has 0 bridgehead atoms. The van der Waals surface area contributed by atoms with Crippen molar-refractivity contribution in [3.05, 3.63) is 81.6 Å². The Morgan fingerprint density at radius 3 is 1.18 bits per heavy atom. The molecule has 3 rings (SSSR count). The predicted molar refractivity (Wildman–Crippen MR) is 103 cm³/mol. The van der Waals surface area contributed by atoms with Gasteiger partial charge in [0.25, 0.3) is 0 Å². The Balaban J connectivity index is 2.25. The molecule has 0 aliphatic heterocycles. The predicted octanol–water partition coefficient (Wildman–Crippen LogP) is 2.63. The Morgan fingerprint density at radius 1 is 0.536 bits per heavy atom. The largest absolute Gasteiger partial charge is 0.289 e. The monoisotopic (exact) mass is 416 g/mol. The SMILES string of the molecule is CC1=C(S(=O)(=O)c2ccccc2)C(=O)C(S(=O)(=O)c2ccccc2)=C(C)C1=O. The molecule has 0 atom stereocenters. The van der Waals surface area contributed by atoms with Gasteiger partial charge in [0.1, 0.15) is 9.81 Å². The molecule has 144 valence electrons. The summed E-state index contributed by atoms with van der Waals surface area (Å²) in [4.78, 5) is 23.8. The van der Waals surface area contributed by atoms with E-state index >= 15 is 0 Å². The second-order valence-electron chi connectivity index (χ2n) is 6.20. The Labute approximate surface area is 163 Å². The van der Waals surface area contributed by atoms with E-state index in [2.05, 4.69) is 0 Å². The normalized spacial score (nSPS) is 15.9. The molecule has 1 aliphatic carbocycles. The van der Waals surface area contributed by atoms with Crippen LogP contribution in [0.1, 0.15) is 13.8 Å². The number of rotatable bonds is 4. The van der Waals surface area contributed by atoms with Crippen LogP contribution < -0.4 is 0 Å². The highest BCUT2D eigenvalue weighted by atomic mass is 32.2. The summed E-state index contributed by atoms with van der Waals surface area (Å²) in [5.41, 5.74) is -0.586. The molecule has 0 aromatic heterocycles. The maximum Gasteiger partial charge on any atom is 0.217 e. The summed E-state index contributed by atoms with van der Waals surface area (Å²) in [6, 6.07) is 14.2. The van der Waals surface area contributed by atoms with Gasteiger partial charge < -0.3 is 0 Å². The zero-order chi connectivity index (χ0) is 20.7. The van der Waals surface area contributed by atoms with Gasteiger partial charge >= 0.3 is 0 Å². The molecule has 0 amide bonds. The van der Waals surface area contributed by atoms with Crippen molar-refractivity contribution in [2.75, 3.05) is 0 Å². The Morgan fingerprint density at radius 2 is 0.857 bits per heavy atom. The van der Waals surface area contributed by atoms with E-state index in [-0.39, 0.29) is 20.9 Å². The summed E-state index contributed by atoms with van der Waals surface area (Å²) in [5.74, 6) is -1.98. The van der Waals surface area contributed by atoms with E-state index in [0.29, 0.717) is 0 Å². The second-order valence-corrected chi connectivity index (χ2v) is 9.97. The van der Waals surface area contributed by atoms with Gasteiger partial charge in [-0.1, -0.05) is 36.4 Å². The molecule has 8 heteroatoms. The van der Waals surface area contributed by atoms with Crippen molar-refractivity contribution in [1.82, 2.24) is 0 Å². The number of allylic oxidation sites excluding steroid dienone is 4. The van der Waals surface area contributed by atoms with Crippen LogP contribution in [0.25, 0.3) is 0 Å². The quantitative estimate of drug-likeness (QED) is 0.710. The minimum Gasteiger partial charge on any atom is -0.289 e. The van der Waals surface area contributed by atoms with Crippen LogP contribution in [0.15, 0.2) is 91.4 Å². The molecule has 2 aromatic carbocycles. The van der Waals surface area contributed by atoms with Crippen LogP contribution in [0.2, 0.25) is 0 Å². The zero-order valence-electron chi connectivity index (χ0n) is 15.0. The number of carbonyl (C=O) groups excluding carboxylic acids is 2. The van der Waals surface area contributed by atoms with E-state index in [1.54, 1.807) is 12.1 Å². The van der Waals surface area contributed by atoms with Crippen molar-refractivity contribution >= 4 is 31.2 Å². The van der Waals surface area contributed by atoms with Crippen LogP contribution >= 0.6 is 0 Å². The molecule has 0 heterocycles. The molecular weight excluding hydrogens is 400 g/mol. The fourth-order valence-electron chi connectivity index (χ4n) is 3.01. The highest BCUT2D eigenvalue weighted by molar-refractivity contribution is 7.98. The van der Waals surface area contributed by atoms with E-state index in [1.165, 1.54) is 62.4 Å². The van der Waals surface area contributed by atoms with Gasteiger partial charge in [-0.2, -0.15) is 0 Å². The Hall–Kier alpha value is -2.84. The van der Waals surface area contributed by atoms with Crippen LogP contribution in [0.3, 0.4) is 0 Å². The van der Waals surface area contributed by atoms with Gasteiger partial charge in [-0.05, 0) is 38.1 Å². The van der Waals surface area contributed by atoms with Gasteiger partial charge in [0.05, 0.1) is 9.79 Å². The minimum absolute atomic E-state index is 0.193. The van der Waals surface area contributed by atoms with Gasteiger partial charge in [-0.15, -0.1) is 0 Å². The van der Waals surface area contributed by atoms with Crippen LogP contribution in [0.5, 0.6) is 0 Å². The topological polar surface area (TPSA) is 102 Å². The van der Waals surface area contributed by atoms with Crippen LogP contribution in [-0.4, -0.2) is 28.4 Å². The maximum absolute atomic E-state index is 13.1. The lowest BCUT2D eigenvalue weighted by molar-refractivity contribution is -0.115. The molecule has 2 aromatic rings. The van der Waals surface area contributed by atoms with Gasteiger partial charge in [-0.25, -0.2) is 16.8 Å². The van der Waals surface area contributed by atoms with Crippen LogP contribution in [0, 0.1) is 0 Å². The summed E-state index contributed by atoms with van der Waals surface area (Å²) in [6.45, 7) is 2.43. The van der Waals surface area contributed by atoms with Crippen molar-refractivity contribution < 1.29 is 26.4 Å². The maximum atomic E-state index is 13.1. The lowest BCUT2D eigenvalue weighted by Gasteiger charge is -2.20. The lowest BCUT2D eigenvalue weighted by atomic mass is 9.98. The summed E-state index contributed by atoms with van der Waals surface area (Å²) in [5, 5.41) is 0. The third-order valence-corrected chi connectivity index (χ3v) is 8.26. The Kier molecular flexibility index (Phi) is 4.95. The van der Waals surface area contributed by atoms with E-state index in [9.17, 15) is 26.4 Å². The molecule has 0 N–H and O–H groups in total. The van der Waals surface area contributed by atoms with Crippen molar-refractivity contribution in [3.8, 4) is 0 Å². The first-order valence-electron chi connectivity index (χ1n) is 8.21. The van der Waals surface area contributed by atoms with Gasteiger partial charge in [0, 0.05) is 11.1 Å². The first kappa shape index (κ1) is 19.9. The van der Waals surface area contributed by atoms with Crippen molar-refractivity contribution in [3.63, 3.8) is 0 Å². The third kappa shape index (κ3) is 3.04. The average Bonchev–Trinajstić information content (AvgIpc) is 2.67. The number of benzene rings is 2. The van der Waals surface area contributed by atoms with Gasteiger partial charge in [0.2, 0.25) is 25.5 Å². The van der Waals surface area contributed by atoms with Gasteiger partial charge in [0.15, 0.2) is 5.78 Å². The van der Waals surface area contributed by atoms with Crippen molar-refractivity contribution in [2.45, 2.75) is 23.6 Å². The number of hydrogen-bond donors (Lipinski definition) is 0. The summed E-state index contributed by atoms with van der Waals surface area (Å²) < 4.78 is 52.1. The molecule has 0 saturated heterocycles. The van der Waals surface area contributed by atoms with E-state index in [0.717, 1.165) is 0 Å². The van der Waals surface area contributed by atoms with E-state index in [1.807, 2.05) is 0 Å². The molecular formula is C20H16O6S2.